The summed E-state index contributed by atoms with van der Waals surface area (Å²) >= 11 is 5.86. The molecule has 0 unspecified atom stereocenters. The Morgan fingerprint density at radius 1 is 1.30 bits per heavy atom. The molecule has 1 aromatic rings. The van der Waals surface area contributed by atoms with Crippen molar-refractivity contribution in [3.05, 3.63) is 29.0 Å². The van der Waals surface area contributed by atoms with Crippen LogP contribution in [-0.4, -0.2) is 84.6 Å². The van der Waals surface area contributed by atoms with Crippen LogP contribution in [0.2, 0.25) is 5.02 Å². The summed E-state index contributed by atoms with van der Waals surface area (Å²) in [6.07, 6.45) is 1.37. The molecule has 3 heterocycles. The Hall–Kier alpha value is -1.21. The SMILES string of the molecule is CN1CCO[C@H](C(=O)N2CCN(Cc3ccc(Cl)cn3)CC2)C1. The van der Waals surface area contributed by atoms with Crippen LogP contribution in [0.1, 0.15) is 5.69 Å². The molecule has 2 saturated heterocycles. The second-order valence-corrected chi connectivity index (χ2v) is 6.63. The fraction of sp³-hybridized carbons (Fsp3) is 0.625. The molecule has 2 fully saturated rings. The first-order valence-corrected chi connectivity index (χ1v) is 8.41. The van der Waals surface area contributed by atoms with E-state index in [9.17, 15) is 4.79 Å². The molecule has 6 nitrogen and oxygen atoms in total. The minimum atomic E-state index is -0.307. The van der Waals surface area contributed by atoms with Crippen LogP contribution in [0.15, 0.2) is 18.3 Å². The zero-order chi connectivity index (χ0) is 16.2. The molecule has 0 aliphatic carbocycles. The van der Waals surface area contributed by atoms with Crippen molar-refractivity contribution in [2.75, 3.05) is 52.9 Å². The Balaban J connectivity index is 1.48. The van der Waals surface area contributed by atoms with E-state index in [1.54, 1.807) is 6.20 Å². The van der Waals surface area contributed by atoms with Gasteiger partial charge >= 0.3 is 0 Å². The summed E-state index contributed by atoms with van der Waals surface area (Å²) in [5, 5.41) is 0.654. The van der Waals surface area contributed by atoms with Crippen molar-refractivity contribution in [1.29, 1.82) is 0 Å². The van der Waals surface area contributed by atoms with E-state index in [0.717, 1.165) is 45.0 Å². The second-order valence-electron chi connectivity index (χ2n) is 6.19. The van der Waals surface area contributed by atoms with E-state index in [2.05, 4.69) is 14.8 Å². The fourth-order valence-corrected chi connectivity index (χ4v) is 3.10. The predicted octanol–water partition coefficient (Wildman–Crippen LogP) is 0.710. The van der Waals surface area contributed by atoms with Crippen LogP contribution in [0.25, 0.3) is 0 Å². The number of amides is 1. The molecular formula is C16H23ClN4O2. The molecule has 23 heavy (non-hydrogen) atoms. The number of pyridine rings is 1. The monoisotopic (exact) mass is 338 g/mol. The lowest BCUT2D eigenvalue weighted by atomic mass is 10.2. The zero-order valence-corrected chi connectivity index (χ0v) is 14.2. The van der Waals surface area contributed by atoms with Crippen molar-refractivity contribution in [3.63, 3.8) is 0 Å². The predicted molar refractivity (Wildman–Crippen MR) is 88.3 cm³/mol. The lowest BCUT2D eigenvalue weighted by Gasteiger charge is -2.38. The molecule has 1 atom stereocenters. The molecule has 0 spiro atoms. The standard InChI is InChI=1S/C16H23ClN4O2/c1-19-8-9-23-15(12-19)16(22)21-6-4-20(5-7-21)11-14-3-2-13(17)10-18-14/h2-3,10,15H,4-9,11-12H2,1H3/t15-/m0/s1. The third-order valence-corrected chi connectivity index (χ3v) is 4.63. The second kappa shape index (κ2) is 7.57. The summed E-state index contributed by atoms with van der Waals surface area (Å²) in [5.74, 6) is 0.126. The van der Waals surface area contributed by atoms with Crippen molar-refractivity contribution < 1.29 is 9.53 Å². The molecule has 0 radical (unpaired) electrons. The van der Waals surface area contributed by atoms with Gasteiger partial charge in [-0.1, -0.05) is 11.6 Å². The first-order valence-electron chi connectivity index (χ1n) is 8.03. The number of hydrogen-bond acceptors (Lipinski definition) is 5. The highest BCUT2D eigenvalue weighted by Crippen LogP contribution is 2.13. The van der Waals surface area contributed by atoms with Crippen LogP contribution in [0.5, 0.6) is 0 Å². The van der Waals surface area contributed by atoms with Gasteiger partial charge in [-0.15, -0.1) is 0 Å². The first kappa shape index (κ1) is 16.6. The van der Waals surface area contributed by atoms with Gasteiger partial charge in [-0.3, -0.25) is 14.7 Å². The number of aromatic nitrogens is 1. The number of morpholine rings is 1. The van der Waals surface area contributed by atoms with Gasteiger partial charge in [0.1, 0.15) is 6.10 Å². The number of carbonyl (C=O) groups excluding carboxylic acids is 1. The zero-order valence-electron chi connectivity index (χ0n) is 13.4. The maximum absolute atomic E-state index is 12.5. The topological polar surface area (TPSA) is 48.9 Å². The van der Waals surface area contributed by atoms with E-state index >= 15 is 0 Å². The molecule has 0 N–H and O–H groups in total. The Kier molecular flexibility index (Phi) is 5.48. The highest BCUT2D eigenvalue weighted by molar-refractivity contribution is 6.30. The van der Waals surface area contributed by atoms with Crippen molar-refractivity contribution in [1.82, 2.24) is 19.7 Å². The smallest absolute Gasteiger partial charge is 0.253 e. The van der Waals surface area contributed by atoms with Gasteiger partial charge in [0.25, 0.3) is 5.91 Å². The third kappa shape index (κ3) is 4.41. The number of hydrogen-bond donors (Lipinski definition) is 0. The Bertz CT molecular complexity index is 531. The summed E-state index contributed by atoms with van der Waals surface area (Å²) in [4.78, 5) is 23.2. The van der Waals surface area contributed by atoms with Crippen LogP contribution in [0.3, 0.4) is 0 Å². The minimum absolute atomic E-state index is 0.126. The molecule has 3 rings (SSSR count). The summed E-state index contributed by atoms with van der Waals surface area (Å²) in [6, 6.07) is 3.81. The molecule has 7 heteroatoms. The van der Waals surface area contributed by atoms with Gasteiger partial charge in [0, 0.05) is 52.0 Å². The number of rotatable bonds is 3. The van der Waals surface area contributed by atoms with Crippen LogP contribution in [0.4, 0.5) is 0 Å². The summed E-state index contributed by atoms with van der Waals surface area (Å²) in [6.45, 7) is 6.22. The van der Waals surface area contributed by atoms with E-state index in [4.69, 9.17) is 16.3 Å². The highest BCUT2D eigenvalue weighted by atomic mass is 35.5. The molecule has 126 valence electrons. The summed E-state index contributed by atoms with van der Waals surface area (Å²) < 4.78 is 5.63. The Morgan fingerprint density at radius 3 is 2.74 bits per heavy atom. The minimum Gasteiger partial charge on any atom is -0.366 e. The molecule has 1 aromatic heterocycles. The molecule has 1 amide bonds. The largest absolute Gasteiger partial charge is 0.366 e. The number of nitrogens with zero attached hydrogens (tertiary/aromatic N) is 4. The highest BCUT2D eigenvalue weighted by Gasteiger charge is 2.30. The fourth-order valence-electron chi connectivity index (χ4n) is 2.99. The van der Waals surface area contributed by atoms with Crippen LogP contribution >= 0.6 is 11.6 Å². The van der Waals surface area contributed by atoms with Gasteiger partial charge in [0.2, 0.25) is 0 Å². The molecule has 0 saturated carbocycles. The maximum Gasteiger partial charge on any atom is 0.253 e. The molecule has 0 bridgehead atoms. The maximum atomic E-state index is 12.5. The van der Waals surface area contributed by atoms with Gasteiger partial charge in [-0.05, 0) is 19.2 Å². The number of carbonyl (C=O) groups is 1. The van der Waals surface area contributed by atoms with Crippen LogP contribution in [0, 0.1) is 0 Å². The van der Waals surface area contributed by atoms with Gasteiger partial charge in [0.05, 0.1) is 17.3 Å². The van der Waals surface area contributed by atoms with Gasteiger partial charge in [-0.25, -0.2) is 0 Å². The summed E-state index contributed by atoms with van der Waals surface area (Å²) in [5.41, 5.74) is 1.01. The lowest BCUT2D eigenvalue weighted by molar-refractivity contribution is -0.150. The van der Waals surface area contributed by atoms with E-state index in [1.165, 1.54) is 0 Å². The number of halogens is 1. The third-order valence-electron chi connectivity index (χ3n) is 4.40. The van der Waals surface area contributed by atoms with Crippen molar-refractivity contribution in [2.24, 2.45) is 0 Å². The van der Waals surface area contributed by atoms with Crippen molar-refractivity contribution >= 4 is 17.5 Å². The molecule has 0 aromatic carbocycles. The lowest BCUT2D eigenvalue weighted by Crippen LogP contribution is -2.55. The van der Waals surface area contributed by atoms with Crippen molar-refractivity contribution in [2.45, 2.75) is 12.6 Å². The number of piperazine rings is 1. The van der Waals surface area contributed by atoms with Gasteiger partial charge in [-0.2, -0.15) is 0 Å². The van der Waals surface area contributed by atoms with E-state index in [-0.39, 0.29) is 12.0 Å². The van der Waals surface area contributed by atoms with E-state index in [1.807, 2.05) is 24.1 Å². The average molecular weight is 339 g/mol. The van der Waals surface area contributed by atoms with Gasteiger partial charge < -0.3 is 14.5 Å². The molecule has 2 aliphatic rings. The number of ether oxygens (including phenoxy) is 1. The van der Waals surface area contributed by atoms with E-state index in [0.29, 0.717) is 18.2 Å². The Morgan fingerprint density at radius 2 is 2.09 bits per heavy atom. The normalized spacial score (nSPS) is 23.9. The average Bonchev–Trinajstić information content (AvgIpc) is 2.57. The first-order chi connectivity index (χ1) is 11.1. The van der Waals surface area contributed by atoms with Crippen molar-refractivity contribution in [3.8, 4) is 0 Å². The van der Waals surface area contributed by atoms with Crippen LogP contribution < -0.4 is 0 Å². The van der Waals surface area contributed by atoms with Crippen LogP contribution in [-0.2, 0) is 16.1 Å². The summed E-state index contributed by atoms with van der Waals surface area (Å²) in [7, 11) is 2.03. The quantitative estimate of drug-likeness (QED) is 0.812. The van der Waals surface area contributed by atoms with Gasteiger partial charge in [0.15, 0.2) is 0 Å². The van der Waals surface area contributed by atoms with E-state index < -0.39 is 0 Å². The molecular weight excluding hydrogens is 316 g/mol. The number of likely N-dealkylation sites (N-methyl/N-ethyl adjacent to an activating group) is 1. The Labute approximate surface area is 142 Å². The molecule has 2 aliphatic heterocycles.